The smallest absolute Gasteiger partial charge is 0.246 e. The van der Waals surface area contributed by atoms with Gasteiger partial charge in [-0.15, -0.1) is 0 Å². The lowest BCUT2D eigenvalue weighted by atomic mass is 9.76. The summed E-state index contributed by atoms with van der Waals surface area (Å²) >= 11 is 0. The number of hydrogen-bond donors (Lipinski definition) is 2. The van der Waals surface area contributed by atoms with E-state index in [0.717, 1.165) is 25.7 Å². The third-order valence-electron chi connectivity index (χ3n) is 3.47. The number of amides is 1. The fourth-order valence-electron chi connectivity index (χ4n) is 2.65. The quantitative estimate of drug-likeness (QED) is 0.693. The number of carbonyl (C=O) groups excluding carboxylic acids is 1. The molecule has 0 spiro atoms. The van der Waals surface area contributed by atoms with Crippen molar-refractivity contribution >= 4 is 5.91 Å². The topological polar surface area (TPSA) is 64.3 Å². The summed E-state index contributed by atoms with van der Waals surface area (Å²) in [5, 5.41) is 3.08. The van der Waals surface area contributed by atoms with E-state index in [2.05, 4.69) is 12.2 Å². The molecule has 4 nitrogen and oxygen atoms in total. The van der Waals surface area contributed by atoms with Gasteiger partial charge in [-0.3, -0.25) is 4.79 Å². The van der Waals surface area contributed by atoms with E-state index in [1.54, 1.807) is 0 Å². The first-order valence-corrected chi connectivity index (χ1v) is 6.70. The van der Waals surface area contributed by atoms with Crippen LogP contribution < -0.4 is 11.1 Å². The molecule has 0 radical (unpaired) electrons. The maximum absolute atomic E-state index is 11.8. The second-order valence-electron chi connectivity index (χ2n) is 5.29. The predicted octanol–water partition coefficient (Wildman–Crippen LogP) is 1.44. The Balaban J connectivity index is 2.42. The highest BCUT2D eigenvalue weighted by Crippen LogP contribution is 2.31. The van der Waals surface area contributed by atoms with Crippen molar-refractivity contribution in [3.63, 3.8) is 0 Å². The van der Waals surface area contributed by atoms with Crippen molar-refractivity contribution in [1.29, 1.82) is 0 Å². The maximum Gasteiger partial charge on any atom is 0.246 e. The number of rotatable bonds is 6. The highest BCUT2D eigenvalue weighted by Gasteiger charge is 2.34. The largest absolute Gasteiger partial charge is 0.372 e. The Morgan fingerprint density at radius 1 is 1.59 bits per heavy atom. The normalized spacial score (nSPS) is 29.0. The van der Waals surface area contributed by atoms with Gasteiger partial charge in [-0.25, -0.2) is 0 Å². The lowest BCUT2D eigenvalue weighted by molar-refractivity contribution is -0.128. The van der Waals surface area contributed by atoms with E-state index in [9.17, 15) is 4.79 Å². The molecule has 4 heteroatoms. The van der Waals surface area contributed by atoms with Gasteiger partial charge in [-0.1, -0.05) is 26.7 Å². The van der Waals surface area contributed by atoms with E-state index < -0.39 is 0 Å². The van der Waals surface area contributed by atoms with E-state index in [1.807, 2.05) is 6.92 Å². The number of nitrogens with two attached hydrogens (primary N) is 1. The molecule has 17 heavy (non-hydrogen) atoms. The number of ether oxygens (including phenoxy) is 1. The molecule has 0 saturated heterocycles. The molecule has 1 amide bonds. The standard InChI is InChI=1S/C13H26N2O2/c1-3-7-17-9-12(16)15-13(10-14)6-4-5-11(2)8-13/h11H,3-10,14H2,1-2H3,(H,15,16). The zero-order valence-electron chi connectivity index (χ0n) is 11.1. The number of hydrogen-bond acceptors (Lipinski definition) is 3. The highest BCUT2D eigenvalue weighted by atomic mass is 16.5. The van der Waals surface area contributed by atoms with Gasteiger partial charge >= 0.3 is 0 Å². The van der Waals surface area contributed by atoms with Crippen molar-refractivity contribution in [3.05, 3.63) is 0 Å². The van der Waals surface area contributed by atoms with E-state index in [1.165, 1.54) is 6.42 Å². The fourth-order valence-corrected chi connectivity index (χ4v) is 2.65. The predicted molar refractivity (Wildman–Crippen MR) is 68.7 cm³/mol. The molecule has 0 aromatic rings. The van der Waals surface area contributed by atoms with Crippen molar-refractivity contribution in [3.8, 4) is 0 Å². The van der Waals surface area contributed by atoms with Gasteiger partial charge in [0.15, 0.2) is 0 Å². The van der Waals surface area contributed by atoms with Crippen molar-refractivity contribution in [2.75, 3.05) is 19.8 Å². The van der Waals surface area contributed by atoms with Gasteiger partial charge in [0.25, 0.3) is 0 Å². The molecule has 0 aromatic heterocycles. The summed E-state index contributed by atoms with van der Waals surface area (Å²) in [6.45, 7) is 5.58. The van der Waals surface area contributed by atoms with Crippen LogP contribution in [-0.4, -0.2) is 31.2 Å². The summed E-state index contributed by atoms with van der Waals surface area (Å²) in [7, 11) is 0. The summed E-state index contributed by atoms with van der Waals surface area (Å²) in [6, 6.07) is 0. The third-order valence-corrected chi connectivity index (χ3v) is 3.47. The molecule has 2 atom stereocenters. The van der Waals surface area contributed by atoms with Crippen LogP contribution in [0.4, 0.5) is 0 Å². The van der Waals surface area contributed by atoms with Crippen LogP contribution in [0.15, 0.2) is 0 Å². The summed E-state index contributed by atoms with van der Waals surface area (Å²) in [4.78, 5) is 11.8. The van der Waals surface area contributed by atoms with E-state index in [-0.39, 0.29) is 18.1 Å². The third kappa shape index (κ3) is 4.64. The Morgan fingerprint density at radius 2 is 2.35 bits per heavy atom. The average molecular weight is 242 g/mol. The Labute approximate surface area is 104 Å². The molecule has 1 aliphatic rings. The van der Waals surface area contributed by atoms with Gasteiger partial charge in [-0.2, -0.15) is 0 Å². The lowest BCUT2D eigenvalue weighted by Gasteiger charge is -2.40. The van der Waals surface area contributed by atoms with Crippen LogP contribution in [-0.2, 0) is 9.53 Å². The van der Waals surface area contributed by atoms with Crippen LogP contribution in [0.2, 0.25) is 0 Å². The molecule has 1 fully saturated rings. The molecule has 0 heterocycles. The minimum atomic E-state index is -0.190. The molecule has 0 aromatic carbocycles. The molecule has 3 N–H and O–H groups in total. The van der Waals surface area contributed by atoms with Crippen LogP contribution in [0.25, 0.3) is 0 Å². The zero-order chi connectivity index (χ0) is 12.7. The number of nitrogens with one attached hydrogen (secondary N) is 1. The van der Waals surface area contributed by atoms with Crippen molar-refractivity contribution in [2.24, 2.45) is 11.7 Å². The van der Waals surface area contributed by atoms with Gasteiger partial charge in [0, 0.05) is 13.2 Å². The summed E-state index contributed by atoms with van der Waals surface area (Å²) in [5.41, 5.74) is 5.66. The molecule has 0 aliphatic heterocycles. The Hall–Kier alpha value is -0.610. The van der Waals surface area contributed by atoms with E-state index in [4.69, 9.17) is 10.5 Å². The molecule has 0 bridgehead atoms. The molecular formula is C13H26N2O2. The van der Waals surface area contributed by atoms with Gasteiger partial charge in [0.2, 0.25) is 5.91 Å². The van der Waals surface area contributed by atoms with Crippen LogP contribution in [0.3, 0.4) is 0 Å². The Morgan fingerprint density at radius 3 is 2.94 bits per heavy atom. The summed E-state index contributed by atoms with van der Waals surface area (Å²) in [5.74, 6) is 0.613. The SMILES string of the molecule is CCCOCC(=O)NC1(CN)CCCC(C)C1. The lowest BCUT2D eigenvalue weighted by Crippen LogP contribution is -2.56. The van der Waals surface area contributed by atoms with Crippen LogP contribution in [0, 0.1) is 5.92 Å². The summed E-state index contributed by atoms with van der Waals surface area (Å²) in [6.07, 6.45) is 5.31. The summed E-state index contributed by atoms with van der Waals surface area (Å²) < 4.78 is 5.25. The van der Waals surface area contributed by atoms with Crippen molar-refractivity contribution < 1.29 is 9.53 Å². The van der Waals surface area contributed by atoms with Gasteiger partial charge < -0.3 is 15.8 Å². The monoisotopic (exact) mass is 242 g/mol. The van der Waals surface area contributed by atoms with Gasteiger partial charge in [0.05, 0.1) is 5.54 Å². The number of carbonyl (C=O) groups is 1. The minimum absolute atomic E-state index is 0.0296. The van der Waals surface area contributed by atoms with Gasteiger partial charge in [-0.05, 0) is 25.2 Å². The first kappa shape index (κ1) is 14.5. The Kier molecular flexibility index (Phi) is 5.92. The second kappa shape index (κ2) is 6.97. The first-order chi connectivity index (χ1) is 8.12. The molecule has 1 aliphatic carbocycles. The average Bonchev–Trinajstić information content (AvgIpc) is 2.29. The zero-order valence-corrected chi connectivity index (χ0v) is 11.1. The van der Waals surface area contributed by atoms with Crippen LogP contribution in [0.5, 0.6) is 0 Å². The van der Waals surface area contributed by atoms with Crippen LogP contribution in [0.1, 0.15) is 46.0 Å². The molecule has 2 unspecified atom stereocenters. The molecule has 100 valence electrons. The highest BCUT2D eigenvalue weighted by molar-refractivity contribution is 5.78. The molecular weight excluding hydrogens is 216 g/mol. The van der Waals surface area contributed by atoms with E-state index in [0.29, 0.717) is 19.1 Å². The van der Waals surface area contributed by atoms with Crippen molar-refractivity contribution in [1.82, 2.24) is 5.32 Å². The maximum atomic E-state index is 11.8. The fraction of sp³-hybridized carbons (Fsp3) is 0.923. The van der Waals surface area contributed by atoms with Gasteiger partial charge in [0.1, 0.15) is 6.61 Å². The second-order valence-corrected chi connectivity index (χ2v) is 5.29. The minimum Gasteiger partial charge on any atom is -0.372 e. The Bertz CT molecular complexity index is 246. The van der Waals surface area contributed by atoms with Crippen molar-refractivity contribution in [2.45, 2.75) is 51.5 Å². The molecule has 1 rings (SSSR count). The first-order valence-electron chi connectivity index (χ1n) is 6.70. The van der Waals surface area contributed by atoms with E-state index >= 15 is 0 Å². The van der Waals surface area contributed by atoms with Crippen LogP contribution >= 0.6 is 0 Å². The molecule has 1 saturated carbocycles.